The molecular formula is C21H19F5N2O4. The van der Waals surface area contributed by atoms with Gasteiger partial charge in [-0.3, -0.25) is 4.79 Å². The molecule has 6 nitrogen and oxygen atoms in total. The van der Waals surface area contributed by atoms with E-state index in [-0.39, 0.29) is 24.4 Å². The maximum Gasteiger partial charge on any atom is 0.416 e. The van der Waals surface area contributed by atoms with E-state index in [1.807, 2.05) is 0 Å². The van der Waals surface area contributed by atoms with Crippen molar-refractivity contribution >= 4 is 17.6 Å². The summed E-state index contributed by atoms with van der Waals surface area (Å²) in [7, 11) is 0. The highest BCUT2D eigenvalue weighted by molar-refractivity contribution is 5.94. The Morgan fingerprint density at radius 3 is 2.31 bits per heavy atom. The zero-order valence-electron chi connectivity index (χ0n) is 16.6. The molecule has 0 bridgehead atoms. The Hall–Kier alpha value is -3.37. The Morgan fingerprint density at radius 1 is 0.969 bits per heavy atom. The molecule has 0 unspecified atom stereocenters. The van der Waals surface area contributed by atoms with E-state index in [1.165, 1.54) is 35.2 Å². The molecule has 0 N–H and O–H groups in total. The van der Waals surface area contributed by atoms with Crippen LogP contribution in [0.5, 0.6) is 5.75 Å². The van der Waals surface area contributed by atoms with E-state index in [4.69, 9.17) is 4.74 Å². The SMILES string of the molecule is O=C(OCC(=O)N1CCN(c2cccc(C(F)(F)F)c2)CC1)c1ccccc1OC(F)F. The van der Waals surface area contributed by atoms with Gasteiger partial charge in [0.05, 0.1) is 5.56 Å². The number of rotatable bonds is 6. The molecule has 172 valence electrons. The number of nitrogens with zero attached hydrogens (tertiary/aromatic N) is 2. The number of ether oxygens (including phenoxy) is 2. The van der Waals surface area contributed by atoms with E-state index in [2.05, 4.69) is 4.74 Å². The van der Waals surface area contributed by atoms with Crippen molar-refractivity contribution in [1.82, 2.24) is 4.90 Å². The second kappa shape index (κ2) is 9.84. The summed E-state index contributed by atoms with van der Waals surface area (Å²) >= 11 is 0. The van der Waals surface area contributed by atoms with Gasteiger partial charge >= 0.3 is 18.8 Å². The van der Waals surface area contributed by atoms with Crippen molar-refractivity contribution in [3.8, 4) is 5.75 Å². The van der Waals surface area contributed by atoms with Crippen molar-refractivity contribution in [3.05, 3.63) is 59.7 Å². The second-order valence-electron chi connectivity index (χ2n) is 6.87. The summed E-state index contributed by atoms with van der Waals surface area (Å²) in [6.07, 6.45) is -4.45. The summed E-state index contributed by atoms with van der Waals surface area (Å²) in [6.45, 7) is -2.70. The second-order valence-corrected chi connectivity index (χ2v) is 6.87. The highest BCUT2D eigenvalue weighted by atomic mass is 19.4. The van der Waals surface area contributed by atoms with Gasteiger partial charge in [-0.05, 0) is 30.3 Å². The first-order valence-corrected chi connectivity index (χ1v) is 9.56. The van der Waals surface area contributed by atoms with Crippen molar-refractivity contribution in [3.63, 3.8) is 0 Å². The van der Waals surface area contributed by atoms with Gasteiger partial charge in [-0.15, -0.1) is 0 Å². The monoisotopic (exact) mass is 458 g/mol. The number of halogens is 5. The predicted octanol–water partition coefficient (Wildman–Crippen LogP) is 3.81. The van der Waals surface area contributed by atoms with Gasteiger partial charge in [0.2, 0.25) is 0 Å². The van der Waals surface area contributed by atoms with Crippen LogP contribution in [0.25, 0.3) is 0 Å². The lowest BCUT2D eigenvalue weighted by molar-refractivity contribution is -0.137. The summed E-state index contributed by atoms with van der Waals surface area (Å²) in [6, 6.07) is 10.2. The standard InChI is InChI=1S/C21H19F5N2O4/c22-20(23)32-17-7-2-1-6-16(17)19(30)31-13-18(29)28-10-8-27(9-11-28)15-5-3-4-14(12-15)21(24,25)26/h1-7,12,20H,8-11,13H2. The van der Waals surface area contributed by atoms with E-state index in [1.54, 1.807) is 11.0 Å². The summed E-state index contributed by atoms with van der Waals surface area (Å²) < 4.78 is 72.8. The molecule has 2 aromatic carbocycles. The fourth-order valence-corrected chi connectivity index (χ4v) is 3.22. The molecule has 1 fully saturated rings. The number of hydrogen-bond acceptors (Lipinski definition) is 5. The number of benzene rings is 2. The van der Waals surface area contributed by atoms with Gasteiger partial charge in [-0.1, -0.05) is 18.2 Å². The minimum absolute atomic E-state index is 0.220. The zero-order valence-corrected chi connectivity index (χ0v) is 16.6. The third-order valence-corrected chi connectivity index (χ3v) is 4.82. The van der Waals surface area contributed by atoms with Crippen LogP contribution in [0.1, 0.15) is 15.9 Å². The van der Waals surface area contributed by atoms with Crippen LogP contribution in [-0.4, -0.2) is 56.2 Å². The average Bonchev–Trinajstić information content (AvgIpc) is 2.77. The Balaban J connectivity index is 1.53. The van der Waals surface area contributed by atoms with Gasteiger partial charge < -0.3 is 19.3 Å². The first kappa shape index (κ1) is 23.3. The molecule has 0 aliphatic carbocycles. The van der Waals surface area contributed by atoms with E-state index in [9.17, 15) is 31.5 Å². The molecule has 0 spiro atoms. The topological polar surface area (TPSA) is 59.1 Å². The summed E-state index contributed by atoms with van der Waals surface area (Å²) in [5.41, 5.74) is -0.597. The fourth-order valence-electron chi connectivity index (χ4n) is 3.22. The Morgan fingerprint density at radius 2 is 1.66 bits per heavy atom. The summed E-state index contributed by atoms with van der Waals surface area (Å²) in [5, 5.41) is 0. The number of amides is 1. The quantitative estimate of drug-likeness (QED) is 0.487. The molecule has 0 saturated carbocycles. The number of piperazine rings is 1. The first-order chi connectivity index (χ1) is 15.1. The number of carbonyl (C=O) groups excluding carboxylic acids is 2. The molecule has 11 heteroatoms. The normalized spacial score (nSPS) is 14.4. The number of esters is 1. The van der Waals surface area contributed by atoms with Gasteiger partial charge in [0.15, 0.2) is 6.61 Å². The van der Waals surface area contributed by atoms with E-state index >= 15 is 0 Å². The highest BCUT2D eigenvalue weighted by Crippen LogP contribution is 2.32. The van der Waals surface area contributed by atoms with Gasteiger partial charge in [0.25, 0.3) is 5.91 Å². The van der Waals surface area contributed by atoms with Gasteiger partial charge in [-0.25, -0.2) is 4.79 Å². The van der Waals surface area contributed by atoms with Crippen molar-refractivity contribution in [2.24, 2.45) is 0 Å². The number of para-hydroxylation sites is 1. The van der Waals surface area contributed by atoms with Crippen molar-refractivity contribution in [1.29, 1.82) is 0 Å². The van der Waals surface area contributed by atoms with E-state index < -0.39 is 36.8 Å². The fraction of sp³-hybridized carbons (Fsp3) is 0.333. The molecule has 0 radical (unpaired) electrons. The van der Waals surface area contributed by atoms with Crippen molar-refractivity contribution in [2.75, 3.05) is 37.7 Å². The molecule has 1 aliphatic heterocycles. The molecule has 1 saturated heterocycles. The predicted molar refractivity (Wildman–Crippen MR) is 104 cm³/mol. The zero-order chi connectivity index (χ0) is 23.3. The van der Waals surface area contributed by atoms with Crippen LogP contribution in [0.3, 0.4) is 0 Å². The molecule has 1 amide bonds. The van der Waals surface area contributed by atoms with Gasteiger partial charge in [-0.2, -0.15) is 22.0 Å². The van der Waals surface area contributed by atoms with Crippen LogP contribution in [0.15, 0.2) is 48.5 Å². The van der Waals surface area contributed by atoms with Crippen LogP contribution in [0.2, 0.25) is 0 Å². The number of alkyl halides is 5. The van der Waals surface area contributed by atoms with Crippen molar-refractivity contribution < 1.29 is 41.0 Å². The Labute approximate surface area is 180 Å². The van der Waals surface area contributed by atoms with Crippen LogP contribution >= 0.6 is 0 Å². The third kappa shape index (κ3) is 5.86. The average molecular weight is 458 g/mol. The minimum Gasteiger partial charge on any atom is -0.452 e. The van der Waals surface area contributed by atoms with E-state index in [0.717, 1.165) is 12.1 Å². The molecule has 32 heavy (non-hydrogen) atoms. The number of hydrogen-bond donors (Lipinski definition) is 0. The lowest BCUT2D eigenvalue weighted by atomic mass is 10.1. The first-order valence-electron chi connectivity index (χ1n) is 9.56. The van der Waals surface area contributed by atoms with Crippen LogP contribution in [0, 0.1) is 0 Å². The Kier molecular flexibility index (Phi) is 7.16. The van der Waals surface area contributed by atoms with Crippen LogP contribution < -0.4 is 9.64 Å². The van der Waals surface area contributed by atoms with Crippen molar-refractivity contribution in [2.45, 2.75) is 12.8 Å². The summed E-state index contributed by atoms with van der Waals surface area (Å²) in [4.78, 5) is 27.7. The molecule has 2 aromatic rings. The third-order valence-electron chi connectivity index (χ3n) is 4.82. The summed E-state index contributed by atoms with van der Waals surface area (Å²) in [5.74, 6) is -1.86. The van der Waals surface area contributed by atoms with Crippen LogP contribution in [-0.2, 0) is 15.7 Å². The molecule has 3 rings (SSSR count). The minimum atomic E-state index is -4.45. The molecule has 0 atom stereocenters. The molecule has 1 aliphatic rings. The maximum absolute atomic E-state index is 12.9. The highest BCUT2D eigenvalue weighted by Gasteiger charge is 2.31. The Bertz CT molecular complexity index is 959. The van der Waals surface area contributed by atoms with Crippen LogP contribution in [0.4, 0.5) is 27.6 Å². The lowest BCUT2D eigenvalue weighted by Crippen LogP contribution is -2.50. The molecule has 1 heterocycles. The molecule has 0 aromatic heterocycles. The number of carbonyl (C=O) groups is 2. The van der Waals surface area contributed by atoms with Gasteiger partial charge in [0.1, 0.15) is 11.3 Å². The van der Waals surface area contributed by atoms with Gasteiger partial charge in [0, 0.05) is 31.9 Å². The maximum atomic E-state index is 12.9. The number of anilines is 1. The van der Waals surface area contributed by atoms with E-state index in [0.29, 0.717) is 18.8 Å². The molecular weight excluding hydrogens is 439 g/mol. The lowest BCUT2D eigenvalue weighted by Gasteiger charge is -2.36. The smallest absolute Gasteiger partial charge is 0.416 e. The largest absolute Gasteiger partial charge is 0.452 e.